The van der Waals surface area contributed by atoms with E-state index in [2.05, 4.69) is 21.9 Å². The van der Waals surface area contributed by atoms with Crippen molar-refractivity contribution in [3.05, 3.63) is 89.2 Å². The van der Waals surface area contributed by atoms with Crippen LogP contribution in [-0.4, -0.2) is 49.1 Å². The third-order valence-corrected chi connectivity index (χ3v) is 6.21. The number of nitrogens with zero attached hydrogens (tertiary/aromatic N) is 2. The molecule has 5 rings (SSSR count). The average Bonchev–Trinajstić information content (AvgIpc) is 3.17. The Morgan fingerprint density at radius 2 is 1.70 bits per heavy atom. The Bertz CT molecular complexity index is 1180. The molecule has 1 saturated heterocycles. The van der Waals surface area contributed by atoms with Crippen LogP contribution in [0.5, 0.6) is 17.2 Å². The van der Waals surface area contributed by atoms with Gasteiger partial charge in [0.1, 0.15) is 17.2 Å². The van der Waals surface area contributed by atoms with E-state index >= 15 is 0 Å². The van der Waals surface area contributed by atoms with E-state index in [4.69, 9.17) is 9.47 Å². The second-order valence-corrected chi connectivity index (χ2v) is 8.25. The van der Waals surface area contributed by atoms with Gasteiger partial charge in [0.25, 0.3) is 0 Å². The molecule has 33 heavy (non-hydrogen) atoms. The van der Waals surface area contributed by atoms with Crippen molar-refractivity contribution in [1.82, 2.24) is 4.90 Å². The number of ether oxygens (including phenoxy) is 2. The van der Waals surface area contributed by atoms with Gasteiger partial charge in [0.2, 0.25) is 5.78 Å². The van der Waals surface area contributed by atoms with E-state index in [1.165, 1.54) is 5.69 Å². The normalized spacial score (nSPS) is 17.2. The molecule has 2 heterocycles. The zero-order chi connectivity index (χ0) is 22.8. The lowest BCUT2D eigenvalue weighted by molar-refractivity contribution is 0.101. The number of phenols is 1. The molecule has 0 spiro atoms. The topological polar surface area (TPSA) is 62.2 Å². The third kappa shape index (κ3) is 4.30. The number of phenolic OH excluding ortho intramolecular Hbond substituents is 1. The van der Waals surface area contributed by atoms with Crippen molar-refractivity contribution in [1.29, 1.82) is 0 Å². The van der Waals surface area contributed by atoms with Crippen LogP contribution in [0.3, 0.4) is 0 Å². The maximum atomic E-state index is 12.9. The molecular weight excluding hydrogens is 416 g/mol. The van der Waals surface area contributed by atoms with E-state index in [0.717, 1.165) is 37.5 Å². The number of ketones is 1. The van der Waals surface area contributed by atoms with Crippen molar-refractivity contribution in [3.8, 4) is 17.2 Å². The number of Topliss-reactive ketones (excluding diaryl/α,β-unsaturated/α-hetero) is 1. The molecule has 0 amide bonds. The van der Waals surface area contributed by atoms with Crippen molar-refractivity contribution >= 4 is 17.5 Å². The highest BCUT2D eigenvalue weighted by molar-refractivity contribution is 6.15. The number of piperazine rings is 1. The Labute approximate surface area is 193 Å². The minimum atomic E-state index is -0.153. The molecule has 0 unspecified atom stereocenters. The molecule has 3 aromatic carbocycles. The van der Waals surface area contributed by atoms with Crippen LogP contribution in [0.4, 0.5) is 5.69 Å². The summed E-state index contributed by atoms with van der Waals surface area (Å²) >= 11 is 0. The van der Waals surface area contributed by atoms with Crippen molar-refractivity contribution in [2.75, 3.05) is 38.2 Å². The number of aromatic hydroxyl groups is 1. The molecule has 0 aliphatic carbocycles. The monoisotopic (exact) mass is 442 g/mol. The fraction of sp³-hybridized carbons (Fsp3) is 0.222. The number of hydrogen-bond donors (Lipinski definition) is 1. The van der Waals surface area contributed by atoms with Crippen molar-refractivity contribution in [2.45, 2.75) is 6.54 Å². The summed E-state index contributed by atoms with van der Waals surface area (Å²) in [7, 11) is 1.67. The highest BCUT2D eigenvalue weighted by atomic mass is 16.5. The van der Waals surface area contributed by atoms with Crippen molar-refractivity contribution in [3.63, 3.8) is 0 Å². The number of carbonyl (C=O) groups excluding carboxylic acids is 1. The number of allylic oxidation sites excluding steroid dienone is 1. The molecule has 3 aromatic rings. The Balaban J connectivity index is 1.30. The van der Waals surface area contributed by atoms with Gasteiger partial charge in [-0.05, 0) is 48.0 Å². The number of anilines is 1. The molecule has 0 atom stereocenters. The summed E-state index contributed by atoms with van der Waals surface area (Å²) in [6, 6.07) is 20.9. The minimum absolute atomic E-state index is 0.153. The van der Waals surface area contributed by atoms with Crippen LogP contribution in [0, 0.1) is 0 Å². The first-order chi connectivity index (χ1) is 16.1. The fourth-order valence-electron chi connectivity index (χ4n) is 4.33. The molecule has 1 fully saturated rings. The molecule has 168 valence electrons. The number of methoxy groups -OCH3 is 1. The van der Waals surface area contributed by atoms with E-state index in [1.807, 2.05) is 42.5 Å². The summed E-state index contributed by atoms with van der Waals surface area (Å²) in [5.41, 5.74) is 3.23. The average molecular weight is 443 g/mol. The molecule has 2 aliphatic rings. The maximum absolute atomic E-state index is 12.9. The summed E-state index contributed by atoms with van der Waals surface area (Å²) in [5, 5.41) is 10.6. The van der Waals surface area contributed by atoms with E-state index in [1.54, 1.807) is 25.3 Å². The molecule has 2 aliphatic heterocycles. The van der Waals surface area contributed by atoms with Gasteiger partial charge >= 0.3 is 0 Å². The van der Waals surface area contributed by atoms with E-state index in [-0.39, 0.29) is 17.3 Å². The van der Waals surface area contributed by atoms with Crippen molar-refractivity contribution in [2.24, 2.45) is 0 Å². The highest BCUT2D eigenvalue weighted by Gasteiger charge is 2.32. The molecular formula is C27H26N2O4. The van der Waals surface area contributed by atoms with Crippen LogP contribution in [0.25, 0.3) is 6.08 Å². The van der Waals surface area contributed by atoms with Gasteiger partial charge in [0, 0.05) is 38.4 Å². The lowest BCUT2D eigenvalue weighted by Gasteiger charge is -2.36. The smallest absolute Gasteiger partial charge is 0.231 e. The zero-order valence-corrected chi connectivity index (χ0v) is 18.5. The van der Waals surface area contributed by atoms with Crippen LogP contribution in [0.2, 0.25) is 0 Å². The Morgan fingerprint density at radius 3 is 2.39 bits per heavy atom. The second-order valence-electron chi connectivity index (χ2n) is 8.25. The second kappa shape index (κ2) is 9.00. The van der Waals surface area contributed by atoms with Crippen LogP contribution < -0.4 is 14.4 Å². The van der Waals surface area contributed by atoms with E-state index < -0.39 is 0 Å². The van der Waals surface area contributed by atoms with Crippen molar-refractivity contribution < 1.29 is 19.4 Å². The van der Waals surface area contributed by atoms with Crippen LogP contribution in [0.15, 0.2) is 72.5 Å². The summed E-state index contributed by atoms with van der Waals surface area (Å²) in [6.07, 6.45) is 1.75. The van der Waals surface area contributed by atoms with E-state index in [9.17, 15) is 9.90 Å². The number of rotatable bonds is 5. The maximum Gasteiger partial charge on any atom is 0.231 e. The van der Waals surface area contributed by atoms with Crippen LogP contribution in [0.1, 0.15) is 21.5 Å². The quantitative estimate of drug-likeness (QED) is 0.593. The van der Waals surface area contributed by atoms with Crippen LogP contribution in [-0.2, 0) is 6.54 Å². The fourth-order valence-corrected chi connectivity index (χ4v) is 4.33. The third-order valence-electron chi connectivity index (χ3n) is 6.21. The molecule has 0 aromatic heterocycles. The molecule has 0 radical (unpaired) electrons. The van der Waals surface area contributed by atoms with Gasteiger partial charge in [-0.25, -0.2) is 0 Å². The minimum Gasteiger partial charge on any atom is -0.507 e. The number of carbonyl (C=O) groups is 1. The summed E-state index contributed by atoms with van der Waals surface area (Å²) in [4.78, 5) is 17.5. The highest BCUT2D eigenvalue weighted by Crippen LogP contribution is 2.40. The first kappa shape index (κ1) is 21.1. The summed E-state index contributed by atoms with van der Waals surface area (Å²) in [6.45, 7) is 3.96. The van der Waals surface area contributed by atoms with Gasteiger partial charge < -0.3 is 19.5 Å². The largest absolute Gasteiger partial charge is 0.507 e. The predicted molar refractivity (Wildman–Crippen MR) is 128 cm³/mol. The molecule has 1 N–H and O–H groups in total. The lowest BCUT2D eigenvalue weighted by atomic mass is 10.0. The predicted octanol–water partition coefficient (Wildman–Crippen LogP) is 4.34. The van der Waals surface area contributed by atoms with Crippen LogP contribution >= 0.6 is 0 Å². The van der Waals surface area contributed by atoms with Gasteiger partial charge in [0.05, 0.1) is 18.2 Å². The lowest BCUT2D eigenvalue weighted by Crippen LogP contribution is -2.46. The number of fused-ring (bicyclic) bond motifs is 1. The molecule has 6 nitrogen and oxygen atoms in total. The summed E-state index contributed by atoms with van der Waals surface area (Å²) in [5.74, 6) is 1.60. The Morgan fingerprint density at radius 1 is 0.970 bits per heavy atom. The Kier molecular flexibility index (Phi) is 5.75. The van der Waals surface area contributed by atoms with Gasteiger partial charge in [0.15, 0.2) is 5.76 Å². The van der Waals surface area contributed by atoms with E-state index in [0.29, 0.717) is 23.4 Å². The first-order valence-corrected chi connectivity index (χ1v) is 11.1. The summed E-state index contributed by atoms with van der Waals surface area (Å²) < 4.78 is 11.2. The van der Waals surface area contributed by atoms with Gasteiger partial charge in [-0.1, -0.05) is 30.3 Å². The Hall–Kier alpha value is -3.77. The molecule has 0 saturated carbocycles. The van der Waals surface area contributed by atoms with Gasteiger partial charge in [-0.15, -0.1) is 0 Å². The number of hydrogen-bond acceptors (Lipinski definition) is 6. The molecule has 0 bridgehead atoms. The first-order valence-electron chi connectivity index (χ1n) is 11.1. The van der Waals surface area contributed by atoms with Gasteiger partial charge in [-0.3, -0.25) is 9.69 Å². The zero-order valence-electron chi connectivity index (χ0n) is 18.5. The number of benzene rings is 3. The van der Waals surface area contributed by atoms with Gasteiger partial charge in [-0.2, -0.15) is 0 Å². The standard InChI is InChI=1S/C27H26N2O4/c1-32-21-9-7-20(8-10-21)29-15-13-28(14-16-29)18-23-24(30)12-11-22-26(31)25(33-27(22)23)17-19-5-3-2-4-6-19/h2-12,17,30H,13-16,18H2,1H3/b25-17-. The SMILES string of the molecule is COc1ccc(N2CCN(Cc3c(O)ccc4c3O/C(=C\c3ccccc3)C4=O)CC2)cc1. The molecule has 6 heteroatoms.